The predicted molar refractivity (Wildman–Crippen MR) is 130 cm³/mol. The second kappa shape index (κ2) is 8.48. The minimum atomic E-state index is 0.223. The lowest BCUT2D eigenvalue weighted by Gasteiger charge is -2.18. The average molecular weight is 423 g/mol. The molecule has 0 radical (unpaired) electrons. The minimum absolute atomic E-state index is 0.223. The molecule has 0 fully saturated rings. The van der Waals surface area contributed by atoms with Gasteiger partial charge >= 0.3 is 0 Å². The number of hydrogen-bond donors (Lipinski definition) is 1. The smallest absolute Gasteiger partial charge is 0.192 e. The van der Waals surface area contributed by atoms with E-state index in [1.165, 1.54) is 21.9 Å². The highest BCUT2D eigenvalue weighted by atomic mass is 16.5. The van der Waals surface area contributed by atoms with Crippen LogP contribution in [-0.2, 0) is 6.54 Å². The van der Waals surface area contributed by atoms with Gasteiger partial charge in [0.25, 0.3) is 0 Å². The van der Waals surface area contributed by atoms with E-state index in [1.54, 1.807) is 7.11 Å². The van der Waals surface area contributed by atoms with E-state index in [-0.39, 0.29) is 6.04 Å². The van der Waals surface area contributed by atoms with Crippen molar-refractivity contribution in [2.24, 2.45) is 0 Å². The minimum Gasteiger partial charge on any atom is -0.496 e. The highest BCUT2D eigenvalue weighted by Crippen LogP contribution is 2.33. The summed E-state index contributed by atoms with van der Waals surface area (Å²) in [5.41, 5.74) is 6.27. The van der Waals surface area contributed by atoms with Crippen molar-refractivity contribution < 1.29 is 9.15 Å². The van der Waals surface area contributed by atoms with E-state index < -0.39 is 0 Å². The van der Waals surface area contributed by atoms with Crippen LogP contribution in [0.1, 0.15) is 30.0 Å². The summed E-state index contributed by atoms with van der Waals surface area (Å²) in [4.78, 5) is 4.48. The van der Waals surface area contributed by atoms with Crippen LogP contribution in [0.4, 0.5) is 0 Å². The van der Waals surface area contributed by atoms with Gasteiger partial charge in [0.15, 0.2) is 11.5 Å². The summed E-state index contributed by atoms with van der Waals surface area (Å²) < 4.78 is 11.3. The van der Waals surface area contributed by atoms with Gasteiger partial charge < -0.3 is 14.5 Å². The molecular formula is C28H26N2O2. The number of nitrogens with zero attached hydrogens (tertiary/aromatic N) is 1. The fourth-order valence-corrected chi connectivity index (χ4v) is 4.31. The number of ether oxygens (including phenoxy) is 1. The first-order valence-electron chi connectivity index (χ1n) is 10.9. The van der Waals surface area contributed by atoms with Gasteiger partial charge in [-0.1, -0.05) is 54.6 Å². The zero-order valence-corrected chi connectivity index (χ0v) is 18.6. The maximum absolute atomic E-state index is 5.65. The number of benzene rings is 4. The van der Waals surface area contributed by atoms with Crippen LogP contribution in [-0.4, -0.2) is 12.1 Å². The molecule has 5 rings (SSSR count). The monoisotopic (exact) mass is 422 g/mol. The lowest BCUT2D eigenvalue weighted by molar-refractivity contribution is 0.416. The zero-order valence-electron chi connectivity index (χ0n) is 18.6. The van der Waals surface area contributed by atoms with Gasteiger partial charge in [-0.25, -0.2) is 4.98 Å². The molecule has 5 aromatic rings. The quantitative estimate of drug-likeness (QED) is 0.326. The Morgan fingerprint density at radius 1 is 0.969 bits per heavy atom. The SMILES string of the molecule is COc1ccc(CNC(C)c2cccc3ccccc23)cc1-c1ccc2oc(C)nc2c1. The summed E-state index contributed by atoms with van der Waals surface area (Å²) in [5, 5.41) is 6.25. The molecule has 1 N–H and O–H groups in total. The molecule has 160 valence electrons. The number of nitrogens with one attached hydrogen (secondary N) is 1. The molecule has 1 atom stereocenters. The van der Waals surface area contributed by atoms with Gasteiger partial charge in [-0.3, -0.25) is 0 Å². The standard InChI is InChI=1S/C28H26N2O2/c1-18(23-10-6-8-21-7-4-5-9-24(21)23)29-17-20-11-13-27(31-3)25(15-20)22-12-14-28-26(16-22)30-19(2)32-28/h4-16,18,29H,17H2,1-3H3. The summed E-state index contributed by atoms with van der Waals surface area (Å²) >= 11 is 0. The average Bonchev–Trinajstić information content (AvgIpc) is 3.21. The Morgan fingerprint density at radius 3 is 2.69 bits per heavy atom. The molecule has 0 aliphatic heterocycles. The van der Waals surface area contributed by atoms with Crippen LogP contribution >= 0.6 is 0 Å². The topological polar surface area (TPSA) is 47.3 Å². The van der Waals surface area contributed by atoms with E-state index in [4.69, 9.17) is 9.15 Å². The van der Waals surface area contributed by atoms with Crippen LogP contribution in [0.3, 0.4) is 0 Å². The number of methoxy groups -OCH3 is 1. The number of hydrogen-bond acceptors (Lipinski definition) is 4. The molecule has 0 aliphatic rings. The van der Waals surface area contributed by atoms with Gasteiger partial charge in [-0.15, -0.1) is 0 Å². The Morgan fingerprint density at radius 2 is 1.81 bits per heavy atom. The Balaban J connectivity index is 1.41. The van der Waals surface area contributed by atoms with E-state index in [0.29, 0.717) is 5.89 Å². The maximum atomic E-state index is 5.65. The Kier molecular flexibility index (Phi) is 5.38. The third-order valence-corrected chi connectivity index (χ3v) is 5.97. The highest BCUT2D eigenvalue weighted by Gasteiger charge is 2.12. The number of oxazole rings is 1. The number of rotatable bonds is 6. The summed E-state index contributed by atoms with van der Waals surface area (Å²) in [7, 11) is 1.71. The molecule has 0 bridgehead atoms. The van der Waals surface area contributed by atoms with Crippen LogP contribution in [0.2, 0.25) is 0 Å². The summed E-state index contributed by atoms with van der Waals surface area (Å²) in [6, 6.07) is 27.7. The van der Waals surface area contributed by atoms with Crippen molar-refractivity contribution in [3.05, 3.63) is 95.9 Å². The first-order valence-corrected chi connectivity index (χ1v) is 10.9. The van der Waals surface area contributed by atoms with Gasteiger partial charge in [0, 0.05) is 25.1 Å². The van der Waals surface area contributed by atoms with E-state index >= 15 is 0 Å². The summed E-state index contributed by atoms with van der Waals surface area (Å²) in [5.74, 6) is 1.51. The second-order valence-corrected chi connectivity index (χ2v) is 8.12. The molecule has 4 aromatic carbocycles. The Labute approximate surface area is 187 Å². The maximum Gasteiger partial charge on any atom is 0.192 e. The number of fused-ring (bicyclic) bond motifs is 2. The molecule has 4 heteroatoms. The molecule has 4 nitrogen and oxygen atoms in total. The van der Waals surface area contributed by atoms with Crippen LogP contribution in [0.5, 0.6) is 5.75 Å². The fourth-order valence-electron chi connectivity index (χ4n) is 4.31. The lowest BCUT2D eigenvalue weighted by Crippen LogP contribution is -2.18. The first kappa shape index (κ1) is 20.3. The number of aryl methyl sites for hydroxylation is 1. The third kappa shape index (κ3) is 3.85. The van der Waals surface area contributed by atoms with Crippen molar-refractivity contribution >= 4 is 21.9 Å². The molecule has 0 aliphatic carbocycles. The van der Waals surface area contributed by atoms with Crippen LogP contribution in [0.25, 0.3) is 33.0 Å². The Hall–Kier alpha value is -3.63. The van der Waals surface area contributed by atoms with E-state index in [2.05, 4.69) is 84.0 Å². The van der Waals surface area contributed by atoms with Crippen molar-refractivity contribution in [1.29, 1.82) is 0 Å². The van der Waals surface area contributed by atoms with Crippen molar-refractivity contribution in [3.8, 4) is 16.9 Å². The van der Waals surface area contributed by atoms with E-state index in [0.717, 1.165) is 34.5 Å². The van der Waals surface area contributed by atoms with Crippen molar-refractivity contribution in [1.82, 2.24) is 10.3 Å². The molecule has 0 saturated heterocycles. The lowest BCUT2D eigenvalue weighted by atomic mass is 9.99. The molecule has 0 spiro atoms. The zero-order chi connectivity index (χ0) is 22.1. The molecular weight excluding hydrogens is 396 g/mol. The molecule has 1 aromatic heterocycles. The highest BCUT2D eigenvalue weighted by molar-refractivity contribution is 5.86. The largest absolute Gasteiger partial charge is 0.496 e. The van der Waals surface area contributed by atoms with Gasteiger partial charge in [0.1, 0.15) is 11.3 Å². The summed E-state index contributed by atoms with van der Waals surface area (Å²) in [6.45, 7) is 4.84. The summed E-state index contributed by atoms with van der Waals surface area (Å²) in [6.07, 6.45) is 0. The molecule has 1 unspecified atom stereocenters. The van der Waals surface area contributed by atoms with E-state index in [9.17, 15) is 0 Å². The normalized spacial score (nSPS) is 12.3. The van der Waals surface area contributed by atoms with Crippen molar-refractivity contribution in [3.63, 3.8) is 0 Å². The second-order valence-electron chi connectivity index (χ2n) is 8.12. The van der Waals surface area contributed by atoms with Crippen LogP contribution in [0.15, 0.2) is 83.3 Å². The van der Waals surface area contributed by atoms with Crippen LogP contribution in [0, 0.1) is 6.92 Å². The fraction of sp³-hybridized carbons (Fsp3) is 0.179. The molecule has 0 amide bonds. The number of aromatic nitrogens is 1. The molecule has 1 heterocycles. The van der Waals surface area contributed by atoms with Crippen molar-refractivity contribution in [2.75, 3.05) is 7.11 Å². The van der Waals surface area contributed by atoms with Gasteiger partial charge in [-0.2, -0.15) is 0 Å². The third-order valence-electron chi connectivity index (χ3n) is 5.97. The van der Waals surface area contributed by atoms with Crippen LogP contribution < -0.4 is 10.1 Å². The molecule has 0 saturated carbocycles. The first-order chi connectivity index (χ1) is 15.6. The molecule has 32 heavy (non-hydrogen) atoms. The predicted octanol–water partition coefficient (Wildman–Crippen LogP) is 6.82. The van der Waals surface area contributed by atoms with Gasteiger partial charge in [0.05, 0.1) is 7.11 Å². The Bertz CT molecular complexity index is 1400. The van der Waals surface area contributed by atoms with Crippen molar-refractivity contribution in [2.45, 2.75) is 26.4 Å². The van der Waals surface area contributed by atoms with Gasteiger partial charge in [0.2, 0.25) is 0 Å². The van der Waals surface area contributed by atoms with E-state index in [1.807, 2.05) is 19.1 Å². The van der Waals surface area contributed by atoms with Gasteiger partial charge in [-0.05, 0) is 58.7 Å².